The summed E-state index contributed by atoms with van der Waals surface area (Å²) in [6, 6.07) is 11.9. The highest BCUT2D eigenvalue weighted by atomic mass is 32.2. The van der Waals surface area contributed by atoms with E-state index in [0.717, 1.165) is 12.8 Å². The second-order valence-corrected chi connectivity index (χ2v) is 9.14. The summed E-state index contributed by atoms with van der Waals surface area (Å²) in [5, 5.41) is 2.45. The Labute approximate surface area is 153 Å². The third-order valence-corrected chi connectivity index (χ3v) is 7.54. The average Bonchev–Trinajstić information content (AvgIpc) is 2.93. The Morgan fingerprint density at radius 1 is 1.04 bits per heavy atom. The highest BCUT2D eigenvalue weighted by Gasteiger charge is 2.47. The van der Waals surface area contributed by atoms with Gasteiger partial charge in [-0.05, 0) is 49.9 Å². The number of anilines is 1. The molecule has 136 valence electrons. The van der Waals surface area contributed by atoms with Crippen molar-refractivity contribution in [3.8, 4) is 0 Å². The second-order valence-electron chi connectivity index (χ2n) is 6.92. The molecular weight excluding hydrogens is 350 g/mol. The zero-order chi connectivity index (χ0) is 18.1. The number of piperidine rings is 1. The molecule has 0 radical (unpaired) electrons. The van der Waals surface area contributed by atoms with Crippen molar-refractivity contribution in [2.24, 2.45) is 0 Å². The molecule has 1 aromatic carbocycles. The number of fused-ring (bicyclic) bond motifs is 2. The van der Waals surface area contributed by atoms with E-state index >= 15 is 0 Å². The van der Waals surface area contributed by atoms with Crippen LogP contribution in [-0.2, 0) is 9.84 Å². The molecule has 4 rings (SSSR count). The quantitative estimate of drug-likeness (QED) is 0.899. The summed E-state index contributed by atoms with van der Waals surface area (Å²) in [6.07, 6.45) is 5.95. The van der Waals surface area contributed by atoms with Gasteiger partial charge >= 0.3 is 6.03 Å². The highest BCUT2D eigenvalue weighted by molar-refractivity contribution is 7.92. The van der Waals surface area contributed by atoms with E-state index in [9.17, 15) is 13.2 Å². The SMILES string of the molecule is O=C(Nc1cccnc1)N1[C@@H]2CC[C@H]1CC(S(=O)(=O)c1ccccc1)C2. The first-order valence-corrected chi connectivity index (χ1v) is 10.4. The standard InChI is InChI=1S/C19H21N3O3S/c23-19(21-14-5-4-10-20-13-14)22-15-8-9-16(22)12-18(11-15)26(24,25)17-6-2-1-3-7-17/h1-7,10,13,15-16,18H,8-9,11-12H2,(H,21,23)/t15-,16+,18?. The molecule has 3 atom stereocenters. The summed E-state index contributed by atoms with van der Waals surface area (Å²) in [5.41, 5.74) is 0.649. The monoisotopic (exact) mass is 371 g/mol. The van der Waals surface area contributed by atoms with Crippen LogP contribution >= 0.6 is 0 Å². The van der Waals surface area contributed by atoms with Crippen molar-refractivity contribution in [2.45, 2.75) is 47.9 Å². The van der Waals surface area contributed by atoms with Crippen LogP contribution < -0.4 is 5.32 Å². The molecule has 2 amide bonds. The second kappa shape index (κ2) is 6.72. The summed E-state index contributed by atoms with van der Waals surface area (Å²) in [5.74, 6) is 0. The van der Waals surface area contributed by atoms with Crippen molar-refractivity contribution in [1.82, 2.24) is 9.88 Å². The van der Waals surface area contributed by atoms with Gasteiger partial charge in [0.2, 0.25) is 0 Å². The first-order chi connectivity index (χ1) is 12.6. The number of aromatic nitrogens is 1. The molecule has 0 aliphatic carbocycles. The molecule has 2 fully saturated rings. The van der Waals surface area contributed by atoms with Crippen LogP contribution in [0.1, 0.15) is 25.7 Å². The number of nitrogens with zero attached hydrogens (tertiary/aromatic N) is 2. The van der Waals surface area contributed by atoms with Crippen molar-refractivity contribution in [2.75, 3.05) is 5.32 Å². The molecule has 0 saturated carbocycles. The number of carbonyl (C=O) groups excluding carboxylic acids is 1. The van der Waals surface area contributed by atoms with Gasteiger partial charge in [-0.15, -0.1) is 0 Å². The minimum absolute atomic E-state index is 0.0334. The van der Waals surface area contributed by atoms with Gasteiger partial charge < -0.3 is 10.2 Å². The Morgan fingerprint density at radius 2 is 1.73 bits per heavy atom. The molecular formula is C19H21N3O3S. The number of benzene rings is 1. The third kappa shape index (κ3) is 3.07. The summed E-state index contributed by atoms with van der Waals surface area (Å²) in [7, 11) is -3.36. The molecule has 1 N–H and O–H groups in total. The van der Waals surface area contributed by atoms with Gasteiger partial charge in [0.15, 0.2) is 9.84 Å². The van der Waals surface area contributed by atoms with Gasteiger partial charge in [-0.25, -0.2) is 13.2 Å². The fraction of sp³-hybridized carbons (Fsp3) is 0.368. The number of nitrogens with one attached hydrogen (secondary N) is 1. The smallest absolute Gasteiger partial charge is 0.318 e. The van der Waals surface area contributed by atoms with Crippen LogP contribution in [0, 0.1) is 0 Å². The Hall–Kier alpha value is -2.41. The number of hydrogen-bond acceptors (Lipinski definition) is 4. The molecule has 2 aliphatic rings. The molecule has 2 aliphatic heterocycles. The zero-order valence-electron chi connectivity index (χ0n) is 14.3. The first kappa shape index (κ1) is 17.0. The van der Waals surface area contributed by atoms with Gasteiger partial charge in [0, 0.05) is 18.3 Å². The summed E-state index contributed by atoms with van der Waals surface area (Å²) in [6.45, 7) is 0. The van der Waals surface area contributed by atoms with E-state index in [1.165, 1.54) is 0 Å². The zero-order valence-corrected chi connectivity index (χ0v) is 15.1. The maximum absolute atomic E-state index is 12.9. The van der Waals surface area contributed by atoms with Crippen molar-refractivity contribution in [3.63, 3.8) is 0 Å². The molecule has 2 aromatic rings. The minimum Gasteiger partial charge on any atom is -0.318 e. The van der Waals surface area contributed by atoms with Gasteiger partial charge in [-0.2, -0.15) is 0 Å². The van der Waals surface area contributed by atoms with Crippen molar-refractivity contribution < 1.29 is 13.2 Å². The maximum atomic E-state index is 12.9. The van der Waals surface area contributed by atoms with Crippen LogP contribution in [0.4, 0.5) is 10.5 Å². The molecule has 6 nitrogen and oxygen atoms in total. The van der Waals surface area contributed by atoms with Gasteiger partial charge in [0.05, 0.1) is 22.0 Å². The molecule has 2 saturated heterocycles. The number of rotatable bonds is 3. The fourth-order valence-corrected chi connectivity index (χ4v) is 6.01. The summed E-state index contributed by atoms with van der Waals surface area (Å²) < 4.78 is 25.9. The van der Waals surface area contributed by atoms with E-state index in [1.807, 2.05) is 11.0 Å². The lowest BCUT2D eigenvalue weighted by atomic mass is 10.0. The van der Waals surface area contributed by atoms with Crippen LogP contribution in [0.15, 0.2) is 59.8 Å². The number of pyridine rings is 1. The van der Waals surface area contributed by atoms with E-state index < -0.39 is 15.1 Å². The van der Waals surface area contributed by atoms with Gasteiger partial charge in [0.1, 0.15) is 0 Å². The first-order valence-electron chi connectivity index (χ1n) is 8.84. The summed E-state index contributed by atoms with van der Waals surface area (Å²) in [4.78, 5) is 18.9. The van der Waals surface area contributed by atoms with Crippen molar-refractivity contribution >= 4 is 21.6 Å². The molecule has 0 spiro atoms. The normalized spacial score (nSPS) is 25.1. The van der Waals surface area contributed by atoms with Crippen LogP contribution in [-0.4, -0.2) is 41.7 Å². The number of amides is 2. The Balaban J connectivity index is 1.50. The minimum atomic E-state index is -3.36. The summed E-state index contributed by atoms with van der Waals surface area (Å²) >= 11 is 0. The Kier molecular flexibility index (Phi) is 4.40. The molecule has 1 unspecified atom stereocenters. The number of hydrogen-bond donors (Lipinski definition) is 1. The van der Waals surface area contributed by atoms with Crippen LogP contribution in [0.2, 0.25) is 0 Å². The van der Waals surface area contributed by atoms with Crippen molar-refractivity contribution in [3.05, 3.63) is 54.9 Å². The van der Waals surface area contributed by atoms with E-state index in [4.69, 9.17) is 0 Å². The maximum Gasteiger partial charge on any atom is 0.322 e. The molecule has 26 heavy (non-hydrogen) atoms. The third-order valence-electron chi connectivity index (χ3n) is 5.35. The molecule has 1 aromatic heterocycles. The lowest BCUT2D eigenvalue weighted by Gasteiger charge is -2.38. The van der Waals surface area contributed by atoms with E-state index in [2.05, 4.69) is 10.3 Å². The Morgan fingerprint density at radius 3 is 2.35 bits per heavy atom. The topological polar surface area (TPSA) is 79.4 Å². The average molecular weight is 371 g/mol. The van der Waals surface area contributed by atoms with Crippen molar-refractivity contribution in [1.29, 1.82) is 0 Å². The number of sulfone groups is 1. The van der Waals surface area contributed by atoms with Crippen LogP contribution in [0.3, 0.4) is 0 Å². The molecule has 7 heteroatoms. The predicted octanol–water partition coefficient (Wildman–Crippen LogP) is 3.08. The molecule has 2 bridgehead atoms. The van der Waals surface area contributed by atoms with Gasteiger partial charge in [-0.3, -0.25) is 4.98 Å². The number of carbonyl (C=O) groups is 1. The van der Waals surface area contributed by atoms with Gasteiger partial charge in [0.25, 0.3) is 0 Å². The van der Waals surface area contributed by atoms with E-state index in [1.54, 1.807) is 48.8 Å². The lowest BCUT2D eigenvalue weighted by Crippen LogP contribution is -2.51. The van der Waals surface area contributed by atoms with Crippen LogP contribution in [0.5, 0.6) is 0 Å². The van der Waals surface area contributed by atoms with E-state index in [0.29, 0.717) is 23.4 Å². The predicted molar refractivity (Wildman–Crippen MR) is 98.6 cm³/mol. The van der Waals surface area contributed by atoms with Gasteiger partial charge in [-0.1, -0.05) is 18.2 Å². The van der Waals surface area contributed by atoms with Crippen LogP contribution in [0.25, 0.3) is 0 Å². The Bertz CT molecular complexity index is 873. The highest BCUT2D eigenvalue weighted by Crippen LogP contribution is 2.40. The largest absolute Gasteiger partial charge is 0.322 e. The number of urea groups is 1. The molecule has 3 heterocycles. The lowest BCUT2D eigenvalue weighted by molar-refractivity contribution is 0.160. The fourth-order valence-electron chi connectivity index (χ4n) is 4.14. The van der Waals surface area contributed by atoms with E-state index in [-0.39, 0.29) is 18.1 Å².